The lowest BCUT2D eigenvalue weighted by atomic mass is 10.4. The van der Waals surface area contributed by atoms with Gasteiger partial charge in [0.2, 0.25) is 5.95 Å². The number of hydrogen-bond donors (Lipinski definition) is 3. The number of rotatable bonds is 2. The van der Waals surface area contributed by atoms with E-state index >= 15 is 0 Å². The van der Waals surface area contributed by atoms with E-state index in [9.17, 15) is 22.8 Å². The van der Waals surface area contributed by atoms with Crippen LogP contribution in [0.25, 0.3) is 11.2 Å². The van der Waals surface area contributed by atoms with E-state index in [0.29, 0.717) is 23.7 Å². The van der Waals surface area contributed by atoms with Crippen molar-refractivity contribution in [3.8, 4) is 11.8 Å². The highest BCUT2D eigenvalue weighted by atomic mass is 19.4. The van der Waals surface area contributed by atoms with E-state index in [-0.39, 0.29) is 0 Å². The normalized spacial score (nSPS) is 14.0. The van der Waals surface area contributed by atoms with Gasteiger partial charge in [0, 0.05) is 39.6 Å². The Hall–Kier alpha value is -3.27. The lowest BCUT2D eigenvalue weighted by Crippen LogP contribution is -2.44. The van der Waals surface area contributed by atoms with E-state index in [4.69, 9.17) is 9.90 Å². The second-order valence-electron chi connectivity index (χ2n) is 6.24. The Morgan fingerprint density at radius 3 is 2.37 bits per heavy atom. The van der Waals surface area contributed by atoms with Crippen LogP contribution < -0.4 is 21.5 Å². The largest absolute Gasteiger partial charge is 0.490 e. The summed E-state index contributed by atoms with van der Waals surface area (Å²) >= 11 is 0. The molecule has 10 nitrogen and oxygen atoms in total. The average Bonchev–Trinajstić information content (AvgIpc) is 3.07. The molecule has 1 fully saturated rings. The van der Waals surface area contributed by atoms with Gasteiger partial charge < -0.3 is 15.3 Å². The molecule has 2 aromatic rings. The second-order valence-corrected chi connectivity index (χ2v) is 6.24. The molecular weight excluding hydrogens is 409 g/mol. The lowest BCUT2D eigenvalue weighted by molar-refractivity contribution is -0.192. The van der Waals surface area contributed by atoms with Gasteiger partial charge in [-0.3, -0.25) is 18.9 Å². The first kappa shape index (κ1) is 23.0. The fraction of sp³-hybridized carbons (Fsp3) is 0.529. The van der Waals surface area contributed by atoms with Crippen molar-refractivity contribution < 1.29 is 23.1 Å². The van der Waals surface area contributed by atoms with Gasteiger partial charge in [-0.25, -0.2) is 9.59 Å². The number of H-pyrrole nitrogens is 1. The number of fused-ring (bicyclic) bond motifs is 1. The van der Waals surface area contributed by atoms with Crippen molar-refractivity contribution >= 4 is 23.1 Å². The number of aryl methyl sites for hydroxylation is 1. The maximum Gasteiger partial charge on any atom is 0.490 e. The monoisotopic (exact) mass is 430 g/mol. The van der Waals surface area contributed by atoms with Gasteiger partial charge in [-0.15, -0.1) is 5.92 Å². The van der Waals surface area contributed by atoms with Crippen LogP contribution in [0.1, 0.15) is 13.3 Å². The summed E-state index contributed by atoms with van der Waals surface area (Å²) in [4.78, 5) is 42.0. The van der Waals surface area contributed by atoms with Gasteiger partial charge in [0.25, 0.3) is 5.56 Å². The second kappa shape index (κ2) is 9.49. The molecule has 13 heteroatoms. The third-order valence-corrected chi connectivity index (χ3v) is 4.17. The Labute approximate surface area is 168 Å². The minimum absolute atomic E-state index is 0.380. The Morgan fingerprint density at radius 2 is 1.83 bits per heavy atom. The summed E-state index contributed by atoms with van der Waals surface area (Å²) < 4.78 is 34.9. The van der Waals surface area contributed by atoms with Crippen molar-refractivity contribution in [1.29, 1.82) is 0 Å². The number of hydrogen-bond acceptors (Lipinski definition) is 6. The highest BCUT2D eigenvalue weighted by Crippen LogP contribution is 2.19. The summed E-state index contributed by atoms with van der Waals surface area (Å²) in [6, 6.07) is 0. The molecule has 3 rings (SSSR count). The Bertz CT molecular complexity index is 1080. The molecule has 1 aliphatic rings. The molecule has 30 heavy (non-hydrogen) atoms. The molecule has 164 valence electrons. The van der Waals surface area contributed by atoms with Crippen LogP contribution in [0.4, 0.5) is 19.1 Å². The molecule has 2 aromatic heterocycles. The molecule has 3 heterocycles. The first-order valence-corrected chi connectivity index (χ1v) is 8.99. The summed E-state index contributed by atoms with van der Waals surface area (Å²) in [5.74, 6) is 4.01. The fourth-order valence-corrected chi connectivity index (χ4v) is 2.74. The molecule has 0 amide bonds. The van der Waals surface area contributed by atoms with Crippen LogP contribution in [-0.2, 0) is 18.4 Å². The summed E-state index contributed by atoms with van der Waals surface area (Å²) in [5.41, 5.74) is -0.0921. The Morgan fingerprint density at radius 1 is 1.23 bits per heavy atom. The number of carboxylic acids is 1. The van der Waals surface area contributed by atoms with Gasteiger partial charge in [0.1, 0.15) is 0 Å². The third kappa shape index (κ3) is 5.20. The molecule has 0 bridgehead atoms. The number of nitrogens with zero attached hydrogens (tertiary/aromatic N) is 4. The number of imidazole rings is 1. The van der Waals surface area contributed by atoms with Crippen molar-refractivity contribution in [1.82, 2.24) is 24.4 Å². The zero-order valence-corrected chi connectivity index (χ0v) is 16.3. The molecule has 0 spiro atoms. The topological polar surface area (TPSA) is 125 Å². The van der Waals surface area contributed by atoms with Crippen molar-refractivity contribution in [2.24, 2.45) is 7.05 Å². The lowest BCUT2D eigenvalue weighted by Gasteiger charge is -2.28. The van der Waals surface area contributed by atoms with Crippen molar-refractivity contribution in [2.45, 2.75) is 26.1 Å². The maximum absolute atomic E-state index is 12.3. The molecule has 0 aromatic carbocycles. The number of anilines is 1. The molecule has 0 radical (unpaired) electrons. The van der Waals surface area contributed by atoms with Crippen molar-refractivity contribution in [2.75, 3.05) is 31.1 Å². The molecule has 0 unspecified atom stereocenters. The predicted octanol–water partition coefficient (Wildman–Crippen LogP) is -0.120. The van der Waals surface area contributed by atoms with Crippen LogP contribution in [0.5, 0.6) is 0 Å². The summed E-state index contributed by atoms with van der Waals surface area (Å²) in [5, 5.41) is 10.4. The highest BCUT2D eigenvalue weighted by Gasteiger charge is 2.38. The number of aromatic amines is 1. The smallest absolute Gasteiger partial charge is 0.475 e. The van der Waals surface area contributed by atoms with Gasteiger partial charge in [0.15, 0.2) is 11.2 Å². The van der Waals surface area contributed by atoms with Crippen molar-refractivity contribution in [3.05, 3.63) is 20.8 Å². The average molecular weight is 430 g/mol. The van der Waals surface area contributed by atoms with Crippen LogP contribution in [0.15, 0.2) is 9.59 Å². The minimum atomic E-state index is -5.08. The first-order valence-electron chi connectivity index (χ1n) is 8.99. The Balaban J connectivity index is 0.000000396. The van der Waals surface area contributed by atoms with E-state index in [0.717, 1.165) is 32.6 Å². The molecule has 1 saturated heterocycles. The number of halogens is 3. The minimum Gasteiger partial charge on any atom is -0.475 e. The predicted molar refractivity (Wildman–Crippen MR) is 102 cm³/mol. The van der Waals surface area contributed by atoms with Crippen LogP contribution in [0, 0.1) is 11.8 Å². The van der Waals surface area contributed by atoms with Gasteiger partial charge in [-0.05, 0) is 0 Å². The molecular formula is C17H21F3N6O4. The van der Waals surface area contributed by atoms with Gasteiger partial charge in [-0.2, -0.15) is 18.2 Å². The first-order chi connectivity index (χ1) is 14.1. The van der Waals surface area contributed by atoms with Crippen LogP contribution in [-0.4, -0.2) is 62.5 Å². The van der Waals surface area contributed by atoms with Crippen LogP contribution in [0.2, 0.25) is 0 Å². The highest BCUT2D eigenvalue weighted by molar-refractivity contribution is 5.74. The number of carbonyl (C=O) groups is 1. The SMILES string of the molecule is CCC#CCn1c(N2CCNCC2)nc2c1c(=O)[nH]c(=O)n2C.O=C(O)C(F)(F)F. The maximum atomic E-state index is 12.3. The van der Waals surface area contributed by atoms with Gasteiger partial charge in [-0.1, -0.05) is 12.8 Å². The van der Waals surface area contributed by atoms with E-state index in [1.807, 2.05) is 11.5 Å². The molecule has 3 N–H and O–H groups in total. The summed E-state index contributed by atoms with van der Waals surface area (Å²) in [6.45, 7) is 5.68. The van der Waals surface area contributed by atoms with E-state index < -0.39 is 23.4 Å². The standard InChI is InChI=1S/C15H20N6O2.C2HF3O2/c1-3-4-5-8-21-11-12(19(2)15(23)18-13(11)22)17-14(21)20-9-6-16-7-10-20;3-2(4,5)1(6)7/h16H,3,6-10H2,1-2H3,(H,18,22,23);(H,6,7). The van der Waals surface area contributed by atoms with E-state index in [2.05, 4.69) is 32.0 Å². The summed E-state index contributed by atoms with van der Waals surface area (Å²) in [6.07, 6.45) is -4.33. The quantitative estimate of drug-likeness (QED) is 0.567. The zero-order valence-electron chi connectivity index (χ0n) is 16.3. The van der Waals surface area contributed by atoms with Crippen LogP contribution in [0.3, 0.4) is 0 Å². The van der Waals surface area contributed by atoms with Gasteiger partial charge >= 0.3 is 17.8 Å². The molecule has 0 atom stereocenters. The number of aromatic nitrogens is 4. The number of alkyl halides is 3. The molecule has 0 aliphatic carbocycles. The molecule has 1 aliphatic heterocycles. The molecule has 0 saturated carbocycles. The number of piperazine rings is 1. The number of nitrogens with one attached hydrogen (secondary N) is 2. The summed E-state index contributed by atoms with van der Waals surface area (Å²) in [7, 11) is 1.61. The Kier molecular flexibility index (Phi) is 7.28. The van der Waals surface area contributed by atoms with Crippen LogP contribution >= 0.6 is 0 Å². The van der Waals surface area contributed by atoms with Crippen molar-refractivity contribution in [3.63, 3.8) is 0 Å². The number of carboxylic acid groups (broad SMARTS) is 1. The number of aliphatic carboxylic acids is 1. The fourth-order valence-electron chi connectivity index (χ4n) is 2.74. The van der Waals surface area contributed by atoms with Gasteiger partial charge in [0.05, 0.1) is 6.54 Å². The van der Waals surface area contributed by atoms with E-state index in [1.165, 1.54) is 4.57 Å². The zero-order chi connectivity index (χ0) is 22.5. The van der Waals surface area contributed by atoms with E-state index in [1.54, 1.807) is 7.05 Å². The third-order valence-electron chi connectivity index (χ3n) is 4.17.